The van der Waals surface area contributed by atoms with Crippen molar-refractivity contribution in [2.24, 2.45) is 0 Å². The molecule has 1 aliphatic heterocycles. The number of nitrogens with one attached hydrogen (secondary N) is 2. The third-order valence-electron chi connectivity index (χ3n) is 6.99. The number of imidazole rings is 1. The third kappa shape index (κ3) is 3.74. The maximum absolute atomic E-state index is 4.93. The lowest BCUT2D eigenvalue weighted by atomic mass is 10.0. The van der Waals surface area contributed by atoms with Gasteiger partial charge >= 0.3 is 0 Å². The number of fused-ring (bicyclic) bond motifs is 2. The standard InChI is InChI=1S/C29H25N7/c1-2-11-31-24(8-1)23-16-30-17-26-27(23)33-29(32-26)28-22-15-21(9-10-25(22)34-35-28)20-7-5-6-19(14-20)18-36-12-3-4-13-36/h1-2,5-11,14-17H,3-4,12-13,18H2,(H,32,33)(H,34,35). The van der Waals surface area contributed by atoms with Gasteiger partial charge in [-0.15, -0.1) is 0 Å². The highest BCUT2D eigenvalue weighted by Crippen LogP contribution is 2.32. The number of benzene rings is 2. The molecule has 0 aliphatic carbocycles. The number of aromatic amines is 2. The van der Waals surface area contributed by atoms with Crippen LogP contribution in [0.15, 0.2) is 79.3 Å². The van der Waals surface area contributed by atoms with Crippen molar-refractivity contribution in [3.8, 4) is 33.9 Å². The molecule has 0 atom stereocenters. The molecule has 0 saturated carbocycles. The number of hydrogen-bond acceptors (Lipinski definition) is 5. The minimum absolute atomic E-state index is 0.710. The molecule has 2 aromatic carbocycles. The lowest BCUT2D eigenvalue weighted by molar-refractivity contribution is 0.331. The average molecular weight is 472 g/mol. The summed E-state index contributed by atoms with van der Waals surface area (Å²) in [6, 6.07) is 21.2. The summed E-state index contributed by atoms with van der Waals surface area (Å²) < 4.78 is 0. The minimum Gasteiger partial charge on any atom is -0.335 e. The van der Waals surface area contributed by atoms with Crippen LogP contribution in [0.4, 0.5) is 0 Å². The van der Waals surface area contributed by atoms with Crippen molar-refractivity contribution < 1.29 is 0 Å². The molecular formula is C29H25N7. The Hall–Kier alpha value is -4.36. The Morgan fingerprint density at radius 2 is 1.78 bits per heavy atom. The predicted octanol–water partition coefficient (Wildman–Crippen LogP) is 5.83. The van der Waals surface area contributed by atoms with Crippen LogP contribution in [-0.2, 0) is 6.54 Å². The number of rotatable bonds is 5. The Morgan fingerprint density at radius 1 is 0.861 bits per heavy atom. The van der Waals surface area contributed by atoms with Crippen LogP contribution in [0.3, 0.4) is 0 Å². The average Bonchev–Trinajstić information content (AvgIpc) is 3.68. The van der Waals surface area contributed by atoms with E-state index in [1.54, 1.807) is 12.4 Å². The van der Waals surface area contributed by atoms with Gasteiger partial charge in [0.05, 0.1) is 22.9 Å². The fourth-order valence-corrected chi connectivity index (χ4v) is 5.18. The molecule has 0 bridgehead atoms. The maximum atomic E-state index is 4.93. The van der Waals surface area contributed by atoms with E-state index in [9.17, 15) is 0 Å². The molecule has 4 aromatic heterocycles. The second-order valence-electron chi connectivity index (χ2n) is 9.40. The van der Waals surface area contributed by atoms with Gasteiger partial charge in [0.25, 0.3) is 0 Å². The van der Waals surface area contributed by atoms with E-state index in [0.29, 0.717) is 5.82 Å². The third-order valence-corrected chi connectivity index (χ3v) is 6.99. The largest absolute Gasteiger partial charge is 0.335 e. The Balaban J connectivity index is 1.28. The van der Waals surface area contributed by atoms with Gasteiger partial charge in [0, 0.05) is 29.9 Å². The molecule has 7 heteroatoms. The number of nitrogens with zero attached hydrogens (tertiary/aromatic N) is 5. The zero-order chi connectivity index (χ0) is 23.9. The van der Waals surface area contributed by atoms with Gasteiger partial charge in [0.15, 0.2) is 5.82 Å². The van der Waals surface area contributed by atoms with Gasteiger partial charge in [0.1, 0.15) is 11.2 Å². The molecule has 2 N–H and O–H groups in total. The lowest BCUT2D eigenvalue weighted by Crippen LogP contribution is -2.18. The molecule has 1 fully saturated rings. The van der Waals surface area contributed by atoms with Crippen LogP contribution >= 0.6 is 0 Å². The van der Waals surface area contributed by atoms with Crippen molar-refractivity contribution in [2.75, 3.05) is 13.1 Å². The molecule has 1 saturated heterocycles. The summed E-state index contributed by atoms with van der Waals surface area (Å²) in [6.07, 6.45) is 8.00. The summed E-state index contributed by atoms with van der Waals surface area (Å²) in [6.45, 7) is 3.41. The first kappa shape index (κ1) is 21.0. The molecule has 176 valence electrons. The van der Waals surface area contributed by atoms with Crippen LogP contribution < -0.4 is 0 Å². The Bertz CT molecular complexity index is 1680. The second-order valence-corrected chi connectivity index (χ2v) is 9.40. The van der Waals surface area contributed by atoms with Crippen LogP contribution in [0, 0.1) is 0 Å². The zero-order valence-corrected chi connectivity index (χ0v) is 19.8. The van der Waals surface area contributed by atoms with E-state index >= 15 is 0 Å². The molecule has 5 heterocycles. The van der Waals surface area contributed by atoms with Gasteiger partial charge in [-0.3, -0.25) is 20.0 Å². The lowest BCUT2D eigenvalue weighted by Gasteiger charge is -2.15. The Kier molecular flexibility index (Phi) is 5.06. The second kappa shape index (κ2) is 8.70. The van der Waals surface area contributed by atoms with Crippen LogP contribution in [0.25, 0.3) is 55.8 Å². The molecule has 7 rings (SSSR count). The molecule has 0 amide bonds. The van der Waals surface area contributed by atoms with E-state index in [4.69, 9.17) is 4.98 Å². The van der Waals surface area contributed by atoms with Crippen molar-refractivity contribution in [3.05, 3.63) is 84.8 Å². The smallest absolute Gasteiger partial charge is 0.159 e. The molecular weight excluding hydrogens is 446 g/mol. The summed E-state index contributed by atoms with van der Waals surface area (Å²) >= 11 is 0. The Morgan fingerprint density at radius 3 is 2.67 bits per heavy atom. The van der Waals surface area contributed by atoms with Gasteiger partial charge in [-0.1, -0.05) is 30.3 Å². The van der Waals surface area contributed by atoms with Crippen LogP contribution in [-0.4, -0.2) is 48.1 Å². The molecule has 0 radical (unpaired) electrons. The first-order valence-electron chi connectivity index (χ1n) is 12.4. The van der Waals surface area contributed by atoms with Crippen molar-refractivity contribution >= 4 is 21.9 Å². The quantitative estimate of drug-likeness (QED) is 0.331. The molecule has 36 heavy (non-hydrogen) atoms. The molecule has 0 spiro atoms. The van der Waals surface area contributed by atoms with Crippen molar-refractivity contribution in [1.29, 1.82) is 0 Å². The molecule has 0 unspecified atom stereocenters. The molecule has 6 aromatic rings. The first-order chi connectivity index (χ1) is 17.8. The van der Waals surface area contributed by atoms with Gasteiger partial charge in [-0.05, 0) is 73.0 Å². The van der Waals surface area contributed by atoms with Crippen molar-refractivity contribution in [3.63, 3.8) is 0 Å². The summed E-state index contributed by atoms with van der Waals surface area (Å²) in [4.78, 5) is 19.8. The fraction of sp³-hybridized carbons (Fsp3) is 0.172. The summed E-state index contributed by atoms with van der Waals surface area (Å²) in [5, 5.41) is 8.82. The Labute approximate surface area is 208 Å². The number of pyridine rings is 2. The van der Waals surface area contributed by atoms with Gasteiger partial charge < -0.3 is 4.98 Å². The van der Waals surface area contributed by atoms with E-state index < -0.39 is 0 Å². The van der Waals surface area contributed by atoms with Crippen LogP contribution in [0.1, 0.15) is 18.4 Å². The maximum Gasteiger partial charge on any atom is 0.159 e. The van der Waals surface area contributed by atoms with E-state index in [1.165, 1.54) is 42.6 Å². The highest BCUT2D eigenvalue weighted by Gasteiger charge is 2.17. The van der Waals surface area contributed by atoms with Gasteiger partial charge in [-0.25, -0.2) is 4.98 Å². The first-order valence-corrected chi connectivity index (χ1v) is 12.4. The molecule has 1 aliphatic rings. The summed E-state index contributed by atoms with van der Waals surface area (Å²) in [7, 11) is 0. The van der Waals surface area contributed by atoms with E-state index in [1.807, 2.05) is 24.4 Å². The van der Waals surface area contributed by atoms with Gasteiger partial charge in [-0.2, -0.15) is 5.10 Å². The highest BCUT2D eigenvalue weighted by molar-refractivity contribution is 5.97. The predicted molar refractivity (Wildman–Crippen MR) is 142 cm³/mol. The van der Waals surface area contributed by atoms with E-state index in [2.05, 4.69) is 72.5 Å². The van der Waals surface area contributed by atoms with Crippen molar-refractivity contribution in [2.45, 2.75) is 19.4 Å². The van der Waals surface area contributed by atoms with Gasteiger partial charge in [0.2, 0.25) is 0 Å². The summed E-state index contributed by atoms with van der Waals surface area (Å²) in [5.74, 6) is 0.710. The van der Waals surface area contributed by atoms with Crippen LogP contribution in [0.5, 0.6) is 0 Å². The minimum atomic E-state index is 0.710. The van der Waals surface area contributed by atoms with Crippen LogP contribution in [0.2, 0.25) is 0 Å². The fourth-order valence-electron chi connectivity index (χ4n) is 5.18. The van der Waals surface area contributed by atoms with E-state index in [0.717, 1.165) is 45.4 Å². The summed E-state index contributed by atoms with van der Waals surface area (Å²) in [5.41, 5.74) is 8.94. The SMILES string of the molecule is c1ccc(-c2cncc3[nH]c(-c4n[nH]c5ccc(-c6cccc(CN7CCCC7)c6)cc45)nc23)nc1. The number of H-pyrrole nitrogens is 2. The zero-order valence-electron chi connectivity index (χ0n) is 19.8. The topological polar surface area (TPSA) is 86.4 Å². The number of hydrogen-bond donors (Lipinski definition) is 2. The number of likely N-dealkylation sites (tertiary alicyclic amines) is 1. The normalized spacial score (nSPS) is 14.2. The number of aromatic nitrogens is 6. The monoisotopic (exact) mass is 471 g/mol. The van der Waals surface area contributed by atoms with E-state index in [-0.39, 0.29) is 0 Å². The molecule has 7 nitrogen and oxygen atoms in total. The highest BCUT2D eigenvalue weighted by atomic mass is 15.1. The van der Waals surface area contributed by atoms with Crippen molar-refractivity contribution in [1.82, 2.24) is 35.0 Å².